The van der Waals surface area contributed by atoms with Crippen molar-refractivity contribution in [2.75, 3.05) is 19.8 Å². The van der Waals surface area contributed by atoms with Gasteiger partial charge in [-0.1, -0.05) is 6.07 Å². The smallest absolute Gasteiger partial charge is 0.220 e. The topological polar surface area (TPSA) is 77.5 Å². The Morgan fingerprint density at radius 2 is 1.92 bits per heavy atom. The van der Waals surface area contributed by atoms with E-state index in [4.69, 9.17) is 9.47 Å². The third-order valence-electron chi connectivity index (χ3n) is 4.13. The van der Waals surface area contributed by atoms with Crippen LogP contribution in [0.4, 0.5) is 0 Å². The molecule has 136 valence electrons. The SMILES string of the molecule is O=C(CCC(=O)c1ccc2c(c1)OCCO2)NCCCc1cccnc1. The number of fused-ring (bicyclic) bond motifs is 1. The number of hydrogen-bond donors (Lipinski definition) is 1. The number of carbonyl (C=O) groups is 2. The Hall–Kier alpha value is -2.89. The second-order valence-corrected chi connectivity index (χ2v) is 6.10. The zero-order chi connectivity index (χ0) is 18.2. The van der Waals surface area contributed by atoms with Crippen LogP contribution in [0.1, 0.15) is 35.2 Å². The number of Topliss-reactive ketones (excluding diaryl/α,β-unsaturated/α-hetero) is 1. The third-order valence-corrected chi connectivity index (χ3v) is 4.13. The Morgan fingerprint density at radius 3 is 2.73 bits per heavy atom. The summed E-state index contributed by atoms with van der Waals surface area (Å²) in [7, 11) is 0. The van der Waals surface area contributed by atoms with Gasteiger partial charge in [0.25, 0.3) is 0 Å². The maximum absolute atomic E-state index is 12.3. The highest BCUT2D eigenvalue weighted by Gasteiger charge is 2.15. The molecule has 0 aliphatic carbocycles. The number of amides is 1. The van der Waals surface area contributed by atoms with Crippen molar-refractivity contribution in [1.29, 1.82) is 0 Å². The molecule has 0 spiro atoms. The first-order chi connectivity index (χ1) is 12.7. The highest BCUT2D eigenvalue weighted by Crippen LogP contribution is 2.31. The lowest BCUT2D eigenvalue weighted by Gasteiger charge is -2.18. The van der Waals surface area contributed by atoms with Crippen molar-refractivity contribution in [2.24, 2.45) is 0 Å². The molecule has 1 aromatic heterocycles. The van der Waals surface area contributed by atoms with Crippen LogP contribution >= 0.6 is 0 Å². The van der Waals surface area contributed by atoms with Gasteiger partial charge in [0.05, 0.1) is 0 Å². The second kappa shape index (κ2) is 8.99. The van der Waals surface area contributed by atoms with Crippen LogP contribution in [0, 0.1) is 0 Å². The fraction of sp³-hybridized carbons (Fsp3) is 0.350. The highest BCUT2D eigenvalue weighted by molar-refractivity contribution is 5.98. The van der Waals surface area contributed by atoms with Gasteiger partial charge in [-0.15, -0.1) is 0 Å². The summed E-state index contributed by atoms with van der Waals surface area (Å²) in [5.41, 5.74) is 1.69. The number of benzene rings is 1. The number of aromatic nitrogens is 1. The minimum atomic E-state index is -0.109. The number of ether oxygens (including phenoxy) is 2. The lowest BCUT2D eigenvalue weighted by Crippen LogP contribution is -2.25. The monoisotopic (exact) mass is 354 g/mol. The molecule has 2 aromatic rings. The van der Waals surface area contributed by atoms with E-state index in [1.807, 2.05) is 18.3 Å². The molecule has 1 aromatic carbocycles. The number of hydrogen-bond acceptors (Lipinski definition) is 5. The van der Waals surface area contributed by atoms with Crippen molar-refractivity contribution >= 4 is 11.7 Å². The van der Waals surface area contributed by atoms with Crippen LogP contribution < -0.4 is 14.8 Å². The number of carbonyl (C=O) groups excluding carboxylic acids is 2. The van der Waals surface area contributed by atoms with Crippen molar-refractivity contribution in [3.63, 3.8) is 0 Å². The minimum absolute atomic E-state index is 0.0764. The largest absolute Gasteiger partial charge is 0.486 e. The van der Waals surface area contributed by atoms with Crippen molar-refractivity contribution in [2.45, 2.75) is 25.7 Å². The normalized spacial score (nSPS) is 12.5. The van der Waals surface area contributed by atoms with Gasteiger partial charge in [-0.05, 0) is 42.7 Å². The number of nitrogens with one attached hydrogen (secondary N) is 1. The van der Waals surface area contributed by atoms with Crippen molar-refractivity contribution < 1.29 is 19.1 Å². The molecule has 6 nitrogen and oxygen atoms in total. The molecule has 0 unspecified atom stereocenters. The number of pyridine rings is 1. The molecule has 6 heteroatoms. The Morgan fingerprint density at radius 1 is 1.08 bits per heavy atom. The fourth-order valence-corrected chi connectivity index (χ4v) is 2.74. The van der Waals surface area contributed by atoms with Crippen molar-refractivity contribution in [3.05, 3.63) is 53.9 Å². The van der Waals surface area contributed by atoms with Gasteiger partial charge in [0.2, 0.25) is 5.91 Å². The Bertz CT molecular complexity index is 762. The van der Waals surface area contributed by atoms with E-state index >= 15 is 0 Å². The van der Waals surface area contributed by atoms with Crippen LogP contribution in [-0.4, -0.2) is 36.4 Å². The molecule has 0 saturated heterocycles. The van der Waals surface area contributed by atoms with Gasteiger partial charge >= 0.3 is 0 Å². The van der Waals surface area contributed by atoms with Gasteiger partial charge in [0, 0.05) is 37.3 Å². The molecule has 0 bridgehead atoms. The standard InChI is InChI=1S/C20H22N2O4/c23-17(16-5-7-18-19(13-16)26-12-11-25-18)6-8-20(24)22-10-2-4-15-3-1-9-21-14-15/h1,3,5,7,9,13-14H,2,4,6,8,10-12H2,(H,22,24). The molecule has 0 radical (unpaired) electrons. The molecule has 0 atom stereocenters. The molecule has 1 aliphatic rings. The Labute approximate surface area is 152 Å². The summed E-state index contributed by atoms with van der Waals surface area (Å²) in [5.74, 6) is 1.05. The summed E-state index contributed by atoms with van der Waals surface area (Å²) in [6.45, 7) is 1.58. The van der Waals surface area contributed by atoms with Gasteiger partial charge in [-0.2, -0.15) is 0 Å². The number of nitrogens with zero attached hydrogens (tertiary/aromatic N) is 1. The molecule has 0 fully saturated rings. The molecular weight excluding hydrogens is 332 g/mol. The van der Waals surface area contributed by atoms with E-state index in [0.717, 1.165) is 18.4 Å². The lowest BCUT2D eigenvalue weighted by atomic mass is 10.1. The molecule has 2 heterocycles. The van der Waals surface area contributed by atoms with Crippen LogP contribution in [-0.2, 0) is 11.2 Å². The van der Waals surface area contributed by atoms with E-state index in [-0.39, 0.29) is 24.5 Å². The molecule has 0 saturated carbocycles. The van der Waals surface area contributed by atoms with E-state index in [2.05, 4.69) is 10.3 Å². The minimum Gasteiger partial charge on any atom is -0.486 e. The first kappa shape index (κ1) is 17.9. The number of aryl methyl sites for hydroxylation is 1. The zero-order valence-corrected chi connectivity index (χ0v) is 14.6. The van der Waals surface area contributed by atoms with Crippen LogP contribution in [0.25, 0.3) is 0 Å². The van der Waals surface area contributed by atoms with Gasteiger partial charge in [0.1, 0.15) is 13.2 Å². The van der Waals surface area contributed by atoms with Gasteiger partial charge in [0.15, 0.2) is 17.3 Å². The van der Waals surface area contributed by atoms with Crippen LogP contribution in [0.15, 0.2) is 42.7 Å². The van der Waals surface area contributed by atoms with E-state index in [0.29, 0.717) is 36.8 Å². The molecule has 3 rings (SSSR count). The van der Waals surface area contributed by atoms with E-state index < -0.39 is 0 Å². The highest BCUT2D eigenvalue weighted by atomic mass is 16.6. The molecular formula is C20H22N2O4. The fourth-order valence-electron chi connectivity index (χ4n) is 2.74. The molecule has 26 heavy (non-hydrogen) atoms. The van der Waals surface area contributed by atoms with Gasteiger partial charge in [-0.3, -0.25) is 14.6 Å². The Balaban J connectivity index is 1.38. The average molecular weight is 354 g/mol. The first-order valence-electron chi connectivity index (χ1n) is 8.81. The molecule has 1 N–H and O–H groups in total. The third kappa shape index (κ3) is 5.05. The first-order valence-corrected chi connectivity index (χ1v) is 8.81. The van der Waals surface area contributed by atoms with E-state index in [1.54, 1.807) is 24.4 Å². The number of ketones is 1. The van der Waals surface area contributed by atoms with Crippen molar-refractivity contribution in [3.8, 4) is 11.5 Å². The van der Waals surface area contributed by atoms with Gasteiger partial charge in [-0.25, -0.2) is 0 Å². The van der Waals surface area contributed by atoms with E-state index in [9.17, 15) is 9.59 Å². The zero-order valence-electron chi connectivity index (χ0n) is 14.6. The quantitative estimate of drug-likeness (QED) is 0.582. The maximum atomic E-state index is 12.3. The summed E-state index contributed by atoms with van der Waals surface area (Å²) in [5, 5.41) is 2.85. The summed E-state index contributed by atoms with van der Waals surface area (Å²) < 4.78 is 10.9. The summed E-state index contributed by atoms with van der Waals surface area (Å²) in [4.78, 5) is 28.2. The lowest BCUT2D eigenvalue weighted by molar-refractivity contribution is -0.121. The Kier molecular flexibility index (Phi) is 6.19. The molecule has 1 aliphatic heterocycles. The van der Waals surface area contributed by atoms with Crippen LogP contribution in [0.5, 0.6) is 11.5 Å². The predicted molar refractivity (Wildman–Crippen MR) is 96.6 cm³/mol. The number of rotatable bonds is 8. The average Bonchev–Trinajstić information content (AvgIpc) is 2.70. The summed E-state index contributed by atoms with van der Waals surface area (Å²) in [6, 6.07) is 9.04. The van der Waals surface area contributed by atoms with Crippen molar-refractivity contribution in [1.82, 2.24) is 10.3 Å². The summed E-state index contributed by atoms with van der Waals surface area (Å²) >= 11 is 0. The second-order valence-electron chi connectivity index (χ2n) is 6.10. The maximum Gasteiger partial charge on any atom is 0.220 e. The molecule has 1 amide bonds. The van der Waals surface area contributed by atoms with Crippen LogP contribution in [0.2, 0.25) is 0 Å². The summed E-state index contributed by atoms with van der Waals surface area (Å²) in [6.07, 6.45) is 5.63. The predicted octanol–water partition coefficient (Wildman–Crippen LogP) is 2.56. The van der Waals surface area contributed by atoms with Crippen LogP contribution in [0.3, 0.4) is 0 Å². The van der Waals surface area contributed by atoms with E-state index in [1.165, 1.54) is 0 Å². The van der Waals surface area contributed by atoms with Gasteiger partial charge < -0.3 is 14.8 Å².